The van der Waals surface area contributed by atoms with E-state index in [1.807, 2.05) is 44.2 Å². The summed E-state index contributed by atoms with van der Waals surface area (Å²) in [4.78, 5) is 24.9. The van der Waals surface area contributed by atoms with Crippen LogP contribution in [0.15, 0.2) is 48.5 Å². The van der Waals surface area contributed by atoms with E-state index in [4.69, 9.17) is 4.74 Å². The Morgan fingerprint density at radius 1 is 1.00 bits per heavy atom. The molecule has 0 bridgehead atoms. The van der Waals surface area contributed by atoms with Gasteiger partial charge in [0.15, 0.2) is 6.10 Å². The molecule has 0 saturated carbocycles. The maximum atomic E-state index is 13.7. The molecule has 2 aromatic rings. The van der Waals surface area contributed by atoms with Crippen molar-refractivity contribution in [2.45, 2.75) is 39.2 Å². The van der Waals surface area contributed by atoms with E-state index in [9.17, 15) is 18.4 Å². The molecule has 1 N–H and O–H groups in total. The Kier molecular flexibility index (Phi) is 7.05. The summed E-state index contributed by atoms with van der Waals surface area (Å²) in [7, 11) is 0. The largest absolute Gasteiger partial charge is 0.452 e. The number of para-hydroxylation sites is 1. The van der Waals surface area contributed by atoms with E-state index in [0.717, 1.165) is 24.1 Å². The molecule has 0 radical (unpaired) electrons. The first-order chi connectivity index (χ1) is 12.8. The summed E-state index contributed by atoms with van der Waals surface area (Å²) in [5, 5.41) is 2.14. The smallest absolute Gasteiger partial charge is 0.314 e. The second kappa shape index (κ2) is 9.26. The van der Waals surface area contributed by atoms with Crippen molar-refractivity contribution < 1.29 is 23.1 Å². The predicted octanol–water partition coefficient (Wildman–Crippen LogP) is 4.66. The molecule has 2 aromatic carbocycles. The number of carbonyl (C=O) groups is 2. The van der Waals surface area contributed by atoms with Crippen molar-refractivity contribution in [1.82, 2.24) is 0 Å². The van der Waals surface area contributed by atoms with Crippen molar-refractivity contribution in [1.29, 1.82) is 0 Å². The second-order valence-electron chi connectivity index (χ2n) is 6.44. The third-order valence-corrected chi connectivity index (χ3v) is 4.50. The number of rotatable bonds is 7. The van der Waals surface area contributed by atoms with Crippen LogP contribution in [0, 0.1) is 17.6 Å². The summed E-state index contributed by atoms with van der Waals surface area (Å²) in [6.45, 7) is 5.26. The van der Waals surface area contributed by atoms with E-state index in [2.05, 4.69) is 5.32 Å². The van der Waals surface area contributed by atoms with Gasteiger partial charge < -0.3 is 10.1 Å². The van der Waals surface area contributed by atoms with Crippen molar-refractivity contribution in [2.24, 2.45) is 5.92 Å². The molecule has 6 heteroatoms. The van der Waals surface area contributed by atoms with Crippen LogP contribution >= 0.6 is 0 Å². The fourth-order valence-electron chi connectivity index (χ4n) is 2.74. The van der Waals surface area contributed by atoms with Gasteiger partial charge >= 0.3 is 5.97 Å². The van der Waals surface area contributed by atoms with E-state index in [0.29, 0.717) is 0 Å². The van der Waals surface area contributed by atoms with Crippen molar-refractivity contribution in [2.75, 3.05) is 5.32 Å². The number of amides is 1. The summed E-state index contributed by atoms with van der Waals surface area (Å²) >= 11 is 0. The number of hydrogen-bond donors (Lipinski definition) is 1. The molecule has 4 nitrogen and oxygen atoms in total. The van der Waals surface area contributed by atoms with Crippen LogP contribution in [-0.2, 0) is 14.3 Å². The lowest BCUT2D eigenvalue weighted by atomic mass is 9.85. The minimum Gasteiger partial charge on any atom is -0.452 e. The molecular formula is C21H23F2NO3. The Hall–Kier alpha value is -2.76. The summed E-state index contributed by atoms with van der Waals surface area (Å²) in [6, 6.07) is 12.4. The summed E-state index contributed by atoms with van der Waals surface area (Å²) < 4.78 is 32.7. The van der Waals surface area contributed by atoms with Gasteiger partial charge in [0.05, 0.1) is 5.92 Å². The van der Waals surface area contributed by atoms with Gasteiger partial charge in [-0.25, -0.2) is 8.78 Å². The SMILES string of the molecule is CCC(C)C(C(=O)OC(C)C(=O)Nc1c(F)cccc1F)c1ccccc1. The standard InChI is InChI=1S/C21H23F2NO3/c1-4-13(2)18(15-9-6-5-7-10-15)21(26)27-14(3)20(25)24-19-16(22)11-8-12-17(19)23/h5-14,18H,4H2,1-3H3,(H,24,25). The van der Waals surface area contributed by atoms with Crippen molar-refractivity contribution >= 4 is 17.6 Å². The number of ether oxygens (including phenoxy) is 1. The molecule has 0 fully saturated rings. The van der Waals surface area contributed by atoms with Crippen LogP contribution < -0.4 is 5.32 Å². The molecule has 0 aromatic heterocycles. The number of esters is 1. The first-order valence-corrected chi connectivity index (χ1v) is 8.85. The van der Waals surface area contributed by atoms with Crippen LogP contribution in [0.1, 0.15) is 38.7 Å². The molecule has 0 spiro atoms. The minimum atomic E-state index is -1.20. The van der Waals surface area contributed by atoms with Crippen molar-refractivity contribution in [3.8, 4) is 0 Å². The zero-order chi connectivity index (χ0) is 20.0. The van der Waals surface area contributed by atoms with Crippen LogP contribution in [0.25, 0.3) is 0 Å². The van der Waals surface area contributed by atoms with E-state index >= 15 is 0 Å². The zero-order valence-corrected chi connectivity index (χ0v) is 15.5. The summed E-state index contributed by atoms with van der Waals surface area (Å²) in [5.41, 5.74) is 0.233. The average molecular weight is 375 g/mol. The third-order valence-electron chi connectivity index (χ3n) is 4.50. The number of carbonyl (C=O) groups excluding carboxylic acids is 2. The normalized spacial score (nSPS) is 14.1. The van der Waals surface area contributed by atoms with Gasteiger partial charge in [0.25, 0.3) is 5.91 Å². The molecule has 0 heterocycles. The van der Waals surface area contributed by atoms with Crippen LogP contribution in [0.3, 0.4) is 0 Å². The number of nitrogens with one attached hydrogen (secondary N) is 1. The predicted molar refractivity (Wildman–Crippen MR) is 99.2 cm³/mol. The van der Waals surface area contributed by atoms with Gasteiger partial charge in [0.1, 0.15) is 17.3 Å². The molecule has 3 unspecified atom stereocenters. The van der Waals surface area contributed by atoms with Gasteiger partial charge in [-0.2, -0.15) is 0 Å². The van der Waals surface area contributed by atoms with Crippen LogP contribution in [0.5, 0.6) is 0 Å². The molecule has 0 saturated heterocycles. The Morgan fingerprint density at radius 3 is 2.15 bits per heavy atom. The fourth-order valence-corrected chi connectivity index (χ4v) is 2.74. The highest BCUT2D eigenvalue weighted by Gasteiger charge is 2.30. The number of hydrogen-bond acceptors (Lipinski definition) is 3. The van der Waals surface area contributed by atoms with Crippen LogP contribution in [-0.4, -0.2) is 18.0 Å². The molecule has 0 aliphatic rings. The average Bonchev–Trinajstić information content (AvgIpc) is 2.65. The van der Waals surface area contributed by atoms with Gasteiger partial charge in [-0.1, -0.05) is 56.7 Å². The lowest BCUT2D eigenvalue weighted by molar-refractivity contribution is -0.155. The Balaban J connectivity index is 2.11. The Bertz CT molecular complexity index is 775. The van der Waals surface area contributed by atoms with Gasteiger partial charge in [-0.05, 0) is 30.5 Å². The van der Waals surface area contributed by atoms with E-state index in [1.165, 1.54) is 13.0 Å². The number of benzene rings is 2. The summed E-state index contributed by atoms with van der Waals surface area (Å²) in [6.07, 6.45) is -0.456. The first kappa shape index (κ1) is 20.6. The highest BCUT2D eigenvalue weighted by atomic mass is 19.1. The molecule has 27 heavy (non-hydrogen) atoms. The maximum Gasteiger partial charge on any atom is 0.314 e. The Morgan fingerprint density at radius 2 is 1.59 bits per heavy atom. The second-order valence-corrected chi connectivity index (χ2v) is 6.44. The Labute approximate surface area is 157 Å². The monoisotopic (exact) mass is 375 g/mol. The molecule has 2 rings (SSSR count). The number of halogens is 2. The number of anilines is 1. The van der Waals surface area contributed by atoms with E-state index < -0.39 is 41.2 Å². The van der Waals surface area contributed by atoms with Crippen molar-refractivity contribution in [3.05, 3.63) is 65.7 Å². The first-order valence-electron chi connectivity index (χ1n) is 8.85. The van der Waals surface area contributed by atoms with Gasteiger partial charge in [0, 0.05) is 0 Å². The van der Waals surface area contributed by atoms with Gasteiger partial charge in [0.2, 0.25) is 0 Å². The highest BCUT2D eigenvalue weighted by molar-refractivity contribution is 5.95. The van der Waals surface area contributed by atoms with E-state index in [-0.39, 0.29) is 5.92 Å². The van der Waals surface area contributed by atoms with Gasteiger partial charge in [-0.15, -0.1) is 0 Å². The third kappa shape index (κ3) is 5.12. The highest BCUT2D eigenvalue weighted by Crippen LogP contribution is 2.29. The molecule has 3 atom stereocenters. The quantitative estimate of drug-likeness (QED) is 0.716. The van der Waals surface area contributed by atoms with Crippen molar-refractivity contribution in [3.63, 3.8) is 0 Å². The molecule has 0 aliphatic heterocycles. The maximum absolute atomic E-state index is 13.7. The summed E-state index contributed by atoms with van der Waals surface area (Å²) in [5.74, 6) is -3.68. The van der Waals surface area contributed by atoms with Crippen LogP contribution in [0.4, 0.5) is 14.5 Å². The molecular weight excluding hydrogens is 352 g/mol. The minimum absolute atomic E-state index is 0.000765. The molecule has 0 aliphatic carbocycles. The topological polar surface area (TPSA) is 55.4 Å². The lowest BCUT2D eigenvalue weighted by Crippen LogP contribution is -2.33. The van der Waals surface area contributed by atoms with Crippen LogP contribution in [0.2, 0.25) is 0 Å². The molecule has 1 amide bonds. The lowest BCUT2D eigenvalue weighted by Gasteiger charge is -2.24. The molecule has 144 valence electrons. The fraction of sp³-hybridized carbons (Fsp3) is 0.333. The zero-order valence-electron chi connectivity index (χ0n) is 15.5. The van der Waals surface area contributed by atoms with Gasteiger partial charge in [-0.3, -0.25) is 9.59 Å². The van der Waals surface area contributed by atoms with E-state index in [1.54, 1.807) is 0 Å².